The van der Waals surface area contributed by atoms with Crippen LogP contribution in [0.1, 0.15) is 27.6 Å². The number of hydrogen-bond acceptors (Lipinski definition) is 6. The zero-order valence-corrected chi connectivity index (χ0v) is 14.2. The van der Waals surface area contributed by atoms with Crippen molar-refractivity contribution >= 4 is 12.6 Å². The molecule has 0 amide bonds. The smallest absolute Gasteiger partial charge is 0.161 e. The third-order valence-corrected chi connectivity index (χ3v) is 3.33. The second-order valence-electron chi connectivity index (χ2n) is 4.98. The minimum absolute atomic E-state index is 0.276. The molecule has 132 valence electrons. The van der Waals surface area contributed by atoms with Gasteiger partial charge in [0.1, 0.15) is 25.8 Å². The zero-order chi connectivity index (χ0) is 18.1. The molecule has 0 saturated heterocycles. The molecule has 6 nitrogen and oxygen atoms in total. The molecule has 6 heteroatoms. The van der Waals surface area contributed by atoms with E-state index in [-0.39, 0.29) is 13.2 Å². The Balaban J connectivity index is 1.95. The Morgan fingerprint density at radius 1 is 0.760 bits per heavy atom. The molecule has 0 aliphatic rings. The number of carbonyl (C=O) groups excluding carboxylic acids is 2. The summed E-state index contributed by atoms with van der Waals surface area (Å²) in [5, 5.41) is 0. The molecule has 2 aromatic rings. The number of ether oxygens (including phenoxy) is 4. The second-order valence-corrected chi connectivity index (χ2v) is 4.98. The molecule has 0 aliphatic carbocycles. The van der Waals surface area contributed by atoms with Gasteiger partial charge in [-0.05, 0) is 43.3 Å². The van der Waals surface area contributed by atoms with Crippen LogP contribution >= 0.6 is 0 Å². The predicted octanol–water partition coefficient (Wildman–Crippen LogP) is 3.18. The maximum Gasteiger partial charge on any atom is 0.161 e. The number of carbonyl (C=O) groups is 2. The number of aldehydes is 2. The Kier molecular flexibility index (Phi) is 6.83. The SMILES string of the molecule is CCOc1cc(C=O)ccc1OCCOc1ccc(C=O)cc1OC. The van der Waals surface area contributed by atoms with E-state index < -0.39 is 0 Å². The maximum absolute atomic E-state index is 10.8. The lowest BCUT2D eigenvalue weighted by molar-refractivity contribution is 0.111. The van der Waals surface area contributed by atoms with E-state index in [4.69, 9.17) is 18.9 Å². The van der Waals surface area contributed by atoms with Gasteiger partial charge in [0.05, 0.1) is 13.7 Å². The van der Waals surface area contributed by atoms with Crippen molar-refractivity contribution < 1.29 is 28.5 Å². The fourth-order valence-electron chi connectivity index (χ4n) is 2.17. The summed E-state index contributed by atoms with van der Waals surface area (Å²) in [5.41, 5.74) is 1.03. The zero-order valence-electron chi connectivity index (χ0n) is 14.2. The van der Waals surface area contributed by atoms with Crippen molar-refractivity contribution in [2.24, 2.45) is 0 Å². The van der Waals surface area contributed by atoms with Gasteiger partial charge in [0.15, 0.2) is 23.0 Å². The van der Waals surface area contributed by atoms with Crippen molar-refractivity contribution in [3.05, 3.63) is 47.5 Å². The topological polar surface area (TPSA) is 71.1 Å². The molecular formula is C19H20O6. The highest BCUT2D eigenvalue weighted by molar-refractivity contribution is 5.76. The van der Waals surface area contributed by atoms with E-state index >= 15 is 0 Å². The molecule has 25 heavy (non-hydrogen) atoms. The molecule has 2 rings (SSSR count). The predicted molar refractivity (Wildman–Crippen MR) is 92.4 cm³/mol. The first-order valence-electron chi connectivity index (χ1n) is 7.82. The van der Waals surface area contributed by atoms with E-state index in [0.29, 0.717) is 40.7 Å². The van der Waals surface area contributed by atoms with E-state index in [9.17, 15) is 9.59 Å². The largest absolute Gasteiger partial charge is 0.493 e. The van der Waals surface area contributed by atoms with E-state index in [1.807, 2.05) is 6.92 Å². The highest BCUT2D eigenvalue weighted by Gasteiger charge is 2.08. The molecule has 0 aromatic heterocycles. The molecule has 0 heterocycles. The number of hydrogen-bond donors (Lipinski definition) is 0. The van der Waals surface area contributed by atoms with Crippen molar-refractivity contribution in [1.82, 2.24) is 0 Å². The summed E-state index contributed by atoms with van der Waals surface area (Å²) in [6.07, 6.45) is 1.50. The Morgan fingerprint density at radius 2 is 1.28 bits per heavy atom. The monoisotopic (exact) mass is 344 g/mol. The first-order valence-corrected chi connectivity index (χ1v) is 7.82. The van der Waals surface area contributed by atoms with Crippen LogP contribution in [0.2, 0.25) is 0 Å². The van der Waals surface area contributed by atoms with Crippen LogP contribution in [0.3, 0.4) is 0 Å². The lowest BCUT2D eigenvalue weighted by Gasteiger charge is -2.14. The number of rotatable bonds is 10. The Hall–Kier alpha value is -3.02. The summed E-state index contributed by atoms with van der Waals surface area (Å²) >= 11 is 0. The molecule has 0 N–H and O–H groups in total. The van der Waals surface area contributed by atoms with E-state index in [2.05, 4.69) is 0 Å². The van der Waals surface area contributed by atoms with E-state index in [0.717, 1.165) is 12.6 Å². The van der Waals surface area contributed by atoms with Crippen molar-refractivity contribution in [3.8, 4) is 23.0 Å². The molecular weight excluding hydrogens is 324 g/mol. The van der Waals surface area contributed by atoms with E-state index in [1.165, 1.54) is 7.11 Å². The molecule has 0 fully saturated rings. The van der Waals surface area contributed by atoms with Crippen molar-refractivity contribution in [2.75, 3.05) is 26.9 Å². The average Bonchev–Trinajstić information content (AvgIpc) is 2.66. The van der Waals surface area contributed by atoms with Crippen molar-refractivity contribution in [3.63, 3.8) is 0 Å². The van der Waals surface area contributed by atoms with Crippen LogP contribution in [0.4, 0.5) is 0 Å². The Labute approximate surface area is 146 Å². The van der Waals surface area contributed by atoms with Gasteiger partial charge in [-0.25, -0.2) is 0 Å². The average molecular weight is 344 g/mol. The van der Waals surface area contributed by atoms with Crippen LogP contribution in [-0.4, -0.2) is 39.5 Å². The summed E-state index contributed by atoms with van der Waals surface area (Å²) in [7, 11) is 1.51. The summed E-state index contributed by atoms with van der Waals surface area (Å²) in [6, 6.07) is 9.91. The molecule has 0 saturated carbocycles. The van der Waals surface area contributed by atoms with Crippen LogP contribution in [0.25, 0.3) is 0 Å². The highest BCUT2D eigenvalue weighted by atomic mass is 16.5. The summed E-state index contributed by atoms with van der Waals surface area (Å²) in [6.45, 7) is 2.88. The first-order chi connectivity index (χ1) is 12.2. The van der Waals surface area contributed by atoms with Gasteiger partial charge in [-0.15, -0.1) is 0 Å². The molecule has 0 unspecified atom stereocenters. The van der Waals surface area contributed by atoms with Gasteiger partial charge in [-0.2, -0.15) is 0 Å². The third kappa shape index (κ3) is 4.97. The van der Waals surface area contributed by atoms with Crippen molar-refractivity contribution in [2.45, 2.75) is 6.92 Å². The Morgan fingerprint density at radius 3 is 1.76 bits per heavy atom. The van der Waals surface area contributed by atoms with Gasteiger partial charge in [0.25, 0.3) is 0 Å². The molecule has 0 aliphatic heterocycles. The van der Waals surface area contributed by atoms with Gasteiger partial charge < -0.3 is 18.9 Å². The van der Waals surface area contributed by atoms with Gasteiger partial charge in [-0.3, -0.25) is 9.59 Å². The molecule has 0 bridgehead atoms. The van der Waals surface area contributed by atoms with Crippen molar-refractivity contribution in [1.29, 1.82) is 0 Å². The molecule has 0 atom stereocenters. The molecule has 0 spiro atoms. The lowest BCUT2D eigenvalue weighted by Crippen LogP contribution is -2.10. The second kappa shape index (κ2) is 9.32. The van der Waals surface area contributed by atoms with Gasteiger partial charge in [0, 0.05) is 11.1 Å². The summed E-state index contributed by atoms with van der Waals surface area (Å²) in [5.74, 6) is 2.06. The quantitative estimate of drug-likeness (QED) is 0.487. The number of benzene rings is 2. The standard InChI is InChI=1S/C19H20O6/c1-3-23-19-11-15(13-21)5-7-17(19)25-9-8-24-16-6-4-14(12-20)10-18(16)22-2/h4-7,10-13H,3,8-9H2,1-2H3. The van der Waals surface area contributed by atoms with Gasteiger partial charge in [0.2, 0.25) is 0 Å². The summed E-state index contributed by atoms with van der Waals surface area (Å²) < 4.78 is 22.0. The third-order valence-electron chi connectivity index (χ3n) is 3.33. The van der Waals surface area contributed by atoms with Crippen LogP contribution in [0, 0.1) is 0 Å². The normalized spacial score (nSPS) is 10.0. The molecule has 0 radical (unpaired) electrons. The fourth-order valence-corrected chi connectivity index (χ4v) is 2.17. The minimum atomic E-state index is 0.276. The van der Waals surface area contributed by atoms with Crippen LogP contribution in [0.5, 0.6) is 23.0 Å². The van der Waals surface area contributed by atoms with Crippen LogP contribution < -0.4 is 18.9 Å². The van der Waals surface area contributed by atoms with Gasteiger partial charge in [-0.1, -0.05) is 0 Å². The van der Waals surface area contributed by atoms with Crippen LogP contribution in [0.15, 0.2) is 36.4 Å². The molecule has 2 aromatic carbocycles. The first kappa shape index (κ1) is 18.3. The van der Waals surface area contributed by atoms with E-state index in [1.54, 1.807) is 36.4 Å². The Bertz CT molecular complexity index is 726. The van der Waals surface area contributed by atoms with Crippen LogP contribution in [-0.2, 0) is 0 Å². The fraction of sp³-hybridized carbons (Fsp3) is 0.263. The minimum Gasteiger partial charge on any atom is -0.493 e. The summed E-state index contributed by atoms with van der Waals surface area (Å²) in [4.78, 5) is 21.6. The number of methoxy groups -OCH3 is 1. The maximum atomic E-state index is 10.8. The highest BCUT2D eigenvalue weighted by Crippen LogP contribution is 2.29. The lowest BCUT2D eigenvalue weighted by atomic mass is 10.2. The van der Waals surface area contributed by atoms with Gasteiger partial charge >= 0.3 is 0 Å².